The summed E-state index contributed by atoms with van der Waals surface area (Å²) in [5, 5.41) is 3.60. The van der Waals surface area contributed by atoms with Crippen LogP contribution in [0.4, 0.5) is 11.4 Å². The van der Waals surface area contributed by atoms with Gasteiger partial charge < -0.3 is 11.1 Å². The summed E-state index contributed by atoms with van der Waals surface area (Å²) >= 11 is 0. The predicted molar refractivity (Wildman–Crippen MR) is 72.9 cm³/mol. The van der Waals surface area contributed by atoms with Crippen molar-refractivity contribution in [2.75, 3.05) is 11.1 Å². The van der Waals surface area contributed by atoms with Crippen LogP contribution in [0.25, 0.3) is 0 Å². The number of aromatic nitrogens is 1. The third-order valence-corrected chi connectivity index (χ3v) is 3.77. The van der Waals surface area contributed by atoms with Gasteiger partial charge in [0.15, 0.2) is 0 Å². The second-order valence-corrected chi connectivity index (χ2v) is 5.06. The Morgan fingerprint density at radius 1 is 1.35 bits per heavy atom. The molecule has 94 valence electrons. The summed E-state index contributed by atoms with van der Waals surface area (Å²) in [5.41, 5.74) is 7.54. The number of nitrogens with zero attached hydrogens (tertiary/aromatic N) is 1. The molecular weight excluding hydrogens is 210 g/mol. The van der Waals surface area contributed by atoms with Crippen LogP contribution in [-0.2, 0) is 0 Å². The number of hydrogen-bond donors (Lipinski definition) is 2. The van der Waals surface area contributed by atoms with Crippen LogP contribution in [0, 0.1) is 5.92 Å². The van der Waals surface area contributed by atoms with Crippen molar-refractivity contribution in [3.63, 3.8) is 0 Å². The van der Waals surface area contributed by atoms with Gasteiger partial charge in [-0.1, -0.05) is 26.2 Å². The quantitative estimate of drug-likeness (QED) is 0.837. The smallest absolute Gasteiger partial charge is 0.0549 e. The average molecular weight is 233 g/mol. The topological polar surface area (TPSA) is 50.9 Å². The zero-order chi connectivity index (χ0) is 12.1. The van der Waals surface area contributed by atoms with Crippen molar-refractivity contribution >= 4 is 11.4 Å². The van der Waals surface area contributed by atoms with Crippen LogP contribution < -0.4 is 11.1 Å². The van der Waals surface area contributed by atoms with Gasteiger partial charge in [-0.05, 0) is 31.2 Å². The standard InChI is InChI=1S/C14H23N3/c1-2-14(11-6-4-3-5-7-11)17-13-8-12(15)9-16-10-13/h8-11,14,17H,2-7,15H2,1H3. The van der Waals surface area contributed by atoms with Gasteiger partial charge >= 0.3 is 0 Å². The summed E-state index contributed by atoms with van der Waals surface area (Å²) < 4.78 is 0. The molecular formula is C14H23N3. The van der Waals surface area contributed by atoms with E-state index in [2.05, 4.69) is 17.2 Å². The summed E-state index contributed by atoms with van der Waals surface area (Å²) in [6.07, 6.45) is 11.6. The molecule has 1 unspecified atom stereocenters. The molecule has 17 heavy (non-hydrogen) atoms. The van der Waals surface area contributed by atoms with Crippen LogP contribution in [0.5, 0.6) is 0 Å². The van der Waals surface area contributed by atoms with Crippen molar-refractivity contribution in [1.29, 1.82) is 0 Å². The first kappa shape index (κ1) is 12.2. The lowest BCUT2D eigenvalue weighted by atomic mass is 9.83. The Hall–Kier alpha value is -1.25. The number of nitrogens with one attached hydrogen (secondary N) is 1. The fraction of sp³-hybridized carbons (Fsp3) is 0.643. The van der Waals surface area contributed by atoms with E-state index in [0.29, 0.717) is 6.04 Å². The van der Waals surface area contributed by atoms with E-state index in [-0.39, 0.29) is 0 Å². The van der Waals surface area contributed by atoms with Gasteiger partial charge in [-0.3, -0.25) is 4.98 Å². The van der Waals surface area contributed by atoms with Crippen molar-refractivity contribution in [1.82, 2.24) is 4.98 Å². The van der Waals surface area contributed by atoms with E-state index < -0.39 is 0 Å². The Morgan fingerprint density at radius 2 is 2.12 bits per heavy atom. The second kappa shape index (κ2) is 5.89. The monoisotopic (exact) mass is 233 g/mol. The zero-order valence-electron chi connectivity index (χ0n) is 10.7. The molecule has 0 saturated heterocycles. The van der Waals surface area contributed by atoms with Gasteiger partial charge in [-0.2, -0.15) is 0 Å². The minimum absolute atomic E-state index is 0.568. The Balaban J connectivity index is 1.98. The fourth-order valence-electron chi connectivity index (χ4n) is 2.84. The summed E-state index contributed by atoms with van der Waals surface area (Å²) in [5.74, 6) is 0.815. The van der Waals surface area contributed by atoms with Crippen molar-refractivity contribution in [2.24, 2.45) is 5.92 Å². The first-order valence-corrected chi connectivity index (χ1v) is 6.76. The van der Waals surface area contributed by atoms with E-state index >= 15 is 0 Å². The normalized spacial score (nSPS) is 18.9. The van der Waals surface area contributed by atoms with Crippen LogP contribution in [0.1, 0.15) is 45.4 Å². The van der Waals surface area contributed by atoms with E-state index in [9.17, 15) is 0 Å². The second-order valence-electron chi connectivity index (χ2n) is 5.06. The maximum absolute atomic E-state index is 5.75. The number of pyridine rings is 1. The SMILES string of the molecule is CCC(Nc1cncc(N)c1)C1CCCCC1. The van der Waals surface area contributed by atoms with Gasteiger partial charge in [0.2, 0.25) is 0 Å². The molecule has 3 N–H and O–H groups in total. The molecule has 1 aromatic heterocycles. The van der Waals surface area contributed by atoms with Gasteiger partial charge in [-0.15, -0.1) is 0 Å². The molecule has 0 aliphatic heterocycles. The van der Waals surface area contributed by atoms with E-state index in [4.69, 9.17) is 5.73 Å². The molecule has 0 radical (unpaired) electrons. The summed E-state index contributed by atoms with van der Waals surface area (Å²) in [6, 6.07) is 2.54. The highest BCUT2D eigenvalue weighted by atomic mass is 14.9. The van der Waals surface area contributed by atoms with Crippen LogP contribution >= 0.6 is 0 Å². The highest BCUT2D eigenvalue weighted by molar-refractivity contribution is 5.51. The summed E-state index contributed by atoms with van der Waals surface area (Å²) in [7, 11) is 0. The molecule has 1 saturated carbocycles. The Bertz CT molecular complexity index is 345. The molecule has 2 rings (SSSR count). The number of nitrogens with two attached hydrogens (primary N) is 1. The lowest BCUT2D eigenvalue weighted by Gasteiger charge is -2.31. The zero-order valence-corrected chi connectivity index (χ0v) is 10.7. The average Bonchev–Trinajstić information content (AvgIpc) is 2.37. The van der Waals surface area contributed by atoms with Gasteiger partial charge in [0.25, 0.3) is 0 Å². The van der Waals surface area contributed by atoms with Crippen molar-refractivity contribution < 1.29 is 0 Å². The highest BCUT2D eigenvalue weighted by Crippen LogP contribution is 2.29. The molecule has 1 aliphatic rings. The molecule has 0 spiro atoms. The van der Waals surface area contributed by atoms with Crippen molar-refractivity contribution in [3.8, 4) is 0 Å². The molecule has 1 fully saturated rings. The first-order valence-electron chi connectivity index (χ1n) is 6.76. The van der Waals surface area contributed by atoms with Gasteiger partial charge in [0, 0.05) is 12.2 Å². The molecule has 1 atom stereocenters. The molecule has 3 heteroatoms. The minimum atomic E-state index is 0.568. The molecule has 1 aromatic rings. The predicted octanol–water partition coefficient (Wildman–Crippen LogP) is 3.43. The fourth-order valence-corrected chi connectivity index (χ4v) is 2.84. The molecule has 1 aliphatic carbocycles. The number of anilines is 2. The van der Waals surface area contributed by atoms with E-state index in [1.165, 1.54) is 38.5 Å². The molecule has 3 nitrogen and oxygen atoms in total. The largest absolute Gasteiger partial charge is 0.397 e. The van der Waals surface area contributed by atoms with Gasteiger partial charge in [0.1, 0.15) is 0 Å². The third kappa shape index (κ3) is 3.35. The Morgan fingerprint density at radius 3 is 2.76 bits per heavy atom. The maximum Gasteiger partial charge on any atom is 0.0549 e. The molecule has 0 bridgehead atoms. The highest BCUT2D eigenvalue weighted by Gasteiger charge is 2.22. The van der Waals surface area contributed by atoms with E-state index in [1.807, 2.05) is 12.3 Å². The molecule has 0 aromatic carbocycles. The maximum atomic E-state index is 5.75. The number of hydrogen-bond acceptors (Lipinski definition) is 3. The Labute approximate surface area is 104 Å². The third-order valence-electron chi connectivity index (χ3n) is 3.77. The van der Waals surface area contributed by atoms with Crippen molar-refractivity contribution in [2.45, 2.75) is 51.5 Å². The van der Waals surface area contributed by atoms with Crippen LogP contribution in [0.15, 0.2) is 18.5 Å². The lowest BCUT2D eigenvalue weighted by Crippen LogP contribution is -2.30. The molecule has 1 heterocycles. The van der Waals surface area contributed by atoms with Crippen LogP contribution in [-0.4, -0.2) is 11.0 Å². The van der Waals surface area contributed by atoms with Gasteiger partial charge in [0.05, 0.1) is 17.6 Å². The van der Waals surface area contributed by atoms with Crippen LogP contribution in [0.3, 0.4) is 0 Å². The molecule has 0 amide bonds. The summed E-state index contributed by atoms with van der Waals surface area (Å²) in [6.45, 7) is 2.26. The minimum Gasteiger partial charge on any atom is -0.397 e. The number of rotatable bonds is 4. The van der Waals surface area contributed by atoms with Crippen LogP contribution in [0.2, 0.25) is 0 Å². The van der Waals surface area contributed by atoms with E-state index in [0.717, 1.165) is 17.3 Å². The first-order chi connectivity index (χ1) is 8.29. The Kier molecular flexibility index (Phi) is 4.24. The summed E-state index contributed by atoms with van der Waals surface area (Å²) in [4.78, 5) is 4.13. The van der Waals surface area contributed by atoms with Crippen molar-refractivity contribution in [3.05, 3.63) is 18.5 Å². The van der Waals surface area contributed by atoms with Gasteiger partial charge in [-0.25, -0.2) is 0 Å². The van der Waals surface area contributed by atoms with E-state index in [1.54, 1.807) is 6.20 Å². The number of nitrogen functional groups attached to an aromatic ring is 1. The lowest BCUT2D eigenvalue weighted by molar-refractivity contribution is 0.313.